The summed E-state index contributed by atoms with van der Waals surface area (Å²) < 4.78 is 34.3. The third-order valence-corrected chi connectivity index (χ3v) is 5.61. The Bertz CT molecular complexity index is 979. The molecule has 0 unspecified atom stereocenters. The number of carbonyl (C=O) groups is 2. The van der Waals surface area contributed by atoms with Crippen LogP contribution < -0.4 is 5.32 Å². The van der Waals surface area contributed by atoms with Crippen LogP contribution in [0.5, 0.6) is 0 Å². The van der Waals surface area contributed by atoms with Crippen LogP contribution in [-0.4, -0.2) is 30.3 Å². The number of nitrogens with one attached hydrogen (secondary N) is 1. The Hall–Kier alpha value is -2.44. The van der Waals surface area contributed by atoms with Gasteiger partial charge in [-0.25, -0.2) is 4.79 Å². The van der Waals surface area contributed by atoms with Crippen LogP contribution in [0.15, 0.2) is 60.7 Å². The van der Waals surface area contributed by atoms with Crippen molar-refractivity contribution >= 4 is 40.6 Å². The summed E-state index contributed by atoms with van der Waals surface area (Å²) in [6.07, 6.45) is 1.67. The molecule has 1 aliphatic carbocycles. The first-order valence-electron chi connectivity index (χ1n) is 9.25. The Kier molecular flexibility index (Phi) is 6.48. The van der Waals surface area contributed by atoms with Crippen molar-refractivity contribution in [2.24, 2.45) is 0 Å². The number of anilines is 1. The third kappa shape index (κ3) is 4.20. The van der Waals surface area contributed by atoms with Gasteiger partial charge >= 0.3 is 11.9 Å². The van der Waals surface area contributed by atoms with E-state index in [0.717, 1.165) is 0 Å². The van der Waals surface area contributed by atoms with E-state index in [2.05, 4.69) is 10.1 Å². The first-order chi connectivity index (χ1) is 14.2. The summed E-state index contributed by atoms with van der Waals surface area (Å²) in [5.74, 6) is -6.12. The van der Waals surface area contributed by atoms with Gasteiger partial charge in [0.25, 0.3) is 0 Å². The zero-order valence-electron chi connectivity index (χ0n) is 16.0. The predicted octanol–water partition coefficient (Wildman–Crippen LogP) is 5.44. The smallest absolute Gasteiger partial charge is 0.377 e. The van der Waals surface area contributed by atoms with Crippen LogP contribution in [0.1, 0.15) is 18.9 Å². The fourth-order valence-corrected chi connectivity index (χ4v) is 3.91. The first-order valence-corrected chi connectivity index (χ1v) is 10.0. The molecular weight excluding hydrogens is 435 g/mol. The van der Waals surface area contributed by atoms with Gasteiger partial charge < -0.3 is 10.1 Å². The molecule has 0 bridgehead atoms. The highest BCUT2D eigenvalue weighted by Crippen LogP contribution is 2.45. The summed E-state index contributed by atoms with van der Waals surface area (Å²) in [7, 11) is 0. The summed E-state index contributed by atoms with van der Waals surface area (Å²) in [6.45, 7) is 1.24. The summed E-state index contributed by atoms with van der Waals surface area (Å²) in [4.78, 5) is 25.0. The van der Waals surface area contributed by atoms with Gasteiger partial charge in [-0.1, -0.05) is 53.5 Å². The zero-order chi connectivity index (χ0) is 21.9. The lowest BCUT2D eigenvalue weighted by atomic mass is 9.70. The van der Waals surface area contributed by atoms with Crippen molar-refractivity contribution in [1.29, 1.82) is 0 Å². The molecule has 2 aromatic carbocycles. The van der Waals surface area contributed by atoms with Crippen molar-refractivity contribution in [3.63, 3.8) is 0 Å². The Labute approximate surface area is 182 Å². The lowest BCUT2D eigenvalue weighted by Gasteiger charge is -2.37. The zero-order valence-corrected chi connectivity index (χ0v) is 17.5. The van der Waals surface area contributed by atoms with Gasteiger partial charge in [-0.3, -0.25) is 4.79 Å². The number of para-hydroxylation sites is 1. The quantitative estimate of drug-likeness (QED) is 0.567. The number of ether oxygens (including phenoxy) is 1. The van der Waals surface area contributed by atoms with Gasteiger partial charge in [0, 0.05) is 11.4 Å². The van der Waals surface area contributed by atoms with E-state index in [-0.39, 0.29) is 6.61 Å². The van der Waals surface area contributed by atoms with E-state index < -0.39 is 35.6 Å². The van der Waals surface area contributed by atoms with Crippen molar-refractivity contribution in [3.05, 3.63) is 76.3 Å². The summed E-state index contributed by atoms with van der Waals surface area (Å²) in [5, 5.41) is 3.84. The third-order valence-electron chi connectivity index (χ3n) is 5.03. The molecular formula is C22H19Cl2F2NO3. The van der Waals surface area contributed by atoms with Crippen molar-refractivity contribution in [2.45, 2.75) is 30.7 Å². The highest BCUT2D eigenvalue weighted by molar-refractivity contribution is 6.33. The molecule has 4 nitrogen and oxygen atoms in total. The number of esters is 1. The molecule has 0 amide bonds. The molecule has 158 valence electrons. The monoisotopic (exact) mass is 453 g/mol. The predicted molar refractivity (Wildman–Crippen MR) is 112 cm³/mol. The second-order valence-corrected chi connectivity index (χ2v) is 7.75. The van der Waals surface area contributed by atoms with Crippen LogP contribution in [0.3, 0.4) is 0 Å². The molecule has 0 aliphatic heterocycles. The number of hydrogen-bond donors (Lipinski definition) is 1. The number of allylic oxidation sites excluding steroid dienone is 1. The molecule has 0 spiro atoms. The lowest BCUT2D eigenvalue weighted by Crippen LogP contribution is -2.51. The normalized spacial score (nSPS) is 21.0. The number of carbonyl (C=O) groups excluding carboxylic acids is 2. The first kappa shape index (κ1) is 22.2. The van der Waals surface area contributed by atoms with Gasteiger partial charge in [0.2, 0.25) is 0 Å². The number of benzene rings is 2. The highest BCUT2D eigenvalue weighted by Gasteiger charge is 2.57. The largest absolute Gasteiger partial charge is 0.462 e. The van der Waals surface area contributed by atoms with Gasteiger partial charge in [-0.2, -0.15) is 8.78 Å². The maximum Gasteiger partial charge on any atom is 0.377 e. The van der Waals surface area contributed by atoms with E-state index >= 15 is 0 Å². The standard InChI is InChI=1S/C22H19Cl2F2NO3/c1-2-30-20(29)22(25,26)13-21(14-7-9-15(23)10-8-14)18(11-12-19(21)28)27-17-6-4-3-5-16(17)24/h3-12,18,27H,2,13H2,1H3/t18-,21-/m1/s1. The maximum absolute atomic E-state index is 14.9. The Balaban J connectivity index is 2.09. The minimum atomic E-state index is -3.89. The summed E-state index contributed by atoms with van der Waals surface area (Å²) >= 11 is 12.2. The van der Waals surface area contributed by atoms with E-state index in [1.807, 2.05) is 0 Å². The maximum atomic E-state index is 14.9. The van der Waals surface area contributed by atoms with Crippen LogP contribution in [0.4, 0.5) is 14.5 Å². The Morgan fingerprint density at radius 3 is 2.47 bits per heavy atom. The minimum Gasteiger partial charge on any atom is -0.462 e. The van der Waals surface area contributed by atoms with E-state index in [4.69, 9.17) is 23.2 Å². The van der Waals surface area contributed by atoms with Gasteiger partial charge in [-0.15, -0.1) is 0 Å². The number of rotatable bonds is 7. The highest BCUT2D eigenvalue weighted by atomic mass is 35.5. The Morgan fingerprint density at radius 2 is 1.83 bits per heavy atom. The molecule has 0 heterocycles. The van der Waals surface area contributed by atoms with E-state index in [1.165, 1.54) is 43.3 Å². The molecule has 30 heavy (non-hydrogen) atoms. The van der Waals surface area contributed by atoms with Crippen LogP contribution >= 0.6 is 23.2 Å². The second kappa shape index (κ2) is 8.74. The van der Waals surface area contributed by atoms with Crippen molar-refractivity contribution in [3.8, 4) is 0 Å². The van der Waals surface area contributed by atoms with Gasteiger partial charge in [0.1, 0.15) is 0 Å². The molecule has 8 heteroatoms. The second-order valence-electron chi connectivity index (χ2n) is 6.91. The molecule has 0 aromatic heterocycles. The van der Waals surface area contributed by atoms with Crippen molar-refractivity contribution < 1.29 is 23.1 Å². The molecule has 3 rings (SSSR count). The molecule has 2 aromatic rings. The summed E-state index contributed by atoms with van der Waals surface area (Å²) in [5.41, 5.74) is -0.989. The van der Waals surface area contributed by atoms with Crippen LogP contribution in [0.2, 0.25) is 10.0 Å². The topological polar surface area (TPSA) is 55.4 Å². The average Bonchev–Trinajstić information content (AvgIpc) is 3.00. The Morgan fingerprint density at radius 1 is 1.17 bits per heavy atom. The van der Waals surface area contributed by atoms with E-state index in [0.29, 0.717) is 21.3 Å². The fraction of sp³-hybridized carbons (Fsp3) is 0.273. The summed E-state index contributed by atoms with van der Waals surface area (Å²) in [6, 6.07) is 11.9. The number of ketones is 1. The van der Waals surface area contributed by atoms with Gasteiger partial charge in [0.05, 0.1) is 28.8 Å². The van der Waals surface area contributed by atoms with Gasteiger partial charge in [0.15, 0.2) is 5.78 Å². The number of alkyl halides is 2. The molecule has 0 saturated heterocycles. The molecule has 0 saturated carbocycles. The minimum absolute atomic E-state index is 0.199. The molecule has 0 fully saturated rings. The SMILES string of the molecule is CCOC(=O)C(F)(F)C[C@]1(c2ccc(Cl)cc2)C(=O)C=C[C@H]1Nc1ccccc1Cl. The molecule has 1 aliphatic rings. The van der Waals surface area contributed by atoms with Crippen LogP contribution in [-0.2, 0) is 19.7 Å². The average molecular weight is 454 g/mol. The fourth-order valence-electron chi connectivity index (χ4n) is 3.59. The lowest BCUT2D eigenvalue weighted by molar-refractivity contribution is -0.174. The molecule has 1 N–H and O–H groups in total. The van der Waals surface area contributed by atoms with Gasteiger partial charge in [-0.05, 0) is 42.8 Å². The van der Waals surface area contributed by atoms with E-state index in [9.17, 15) is 18.4 Å². The van der Waals surface area contributed by atoms with Crippen molar-refractivity contribution in [2.75, 3.05) is 11.9 Å². The van der Waals surface area contributed by atoms with Crippen LogP contribution in [0, 0.1) is 0 Å². The molecule has 2 atom stereocenters. The van der Waals surface area contributed by atoms with Crippen LogP contribution in [0.25, 0.3) is 0 Å². The molecule has 0 radical (unpaired) electrons. The van der Waals surface area contributed by atoms with E-state index in [1.54, 1.807) is 24.3 Å². The van der Waals surface area contributed by atoms with Crippen molar-refractivity contribution in [1.82, 2.24) is 0 Å². The number of hydrogen-bond acceptors (Lipinski definition) is 4. The number of halogens is 4.